The van der Waals surface area contributed by atoms with Gasteiger partial charge in [-0.2, -0.15) is 0 Å². The van der Waals surface area contributed by atoms with Gasteiger partial charge >= 0.3 is 0 Å². The van der Waals surface area contributed by atoms with Gasteiger partial charge in [-0.3, -0.25) is 0 Å². The number of hydrogen-bond donors (Lipinski definition) is 0. The van der Waals surface area contributed by atoms with Crippen LogP contribution in [0.3, 0.4) is 0 Å². The molecule has 0 bridgehead atoms. The first-order chi connectivity index (χ1) is 11.2. The number of fused-ring (bicyclic) bond motifs is 1. The number of hydrogen-bond acceptors (Lipinski definition) is 0. The van der Waals surface area contributed by atoms with Gasteiger partial charge in [0.2, 0.25) is 0 Å². The predicted molar refractivity (Wildman–Crippen MR) is 107 cm³/mol. The molecule has 1 aliphatic carbocycles. The fraction of sp³-hybridized carbons (Fsp3) is 0.333. The first-order valence-corrected chi connectivity index (χ1v) is 8.82. The third kappa shape index (κ3) is 2.98. The second kappa shape index (κ2) is 5.77. The van der Waals surface area contributed by atoms with E-state index in [1.165, 1.54) is 33.4 Å². The van der Waals surface area contributed by atoms with E-state index >= 15 is 0 Å². The zero-order valence-electron chi connectivity index (χ0n) is 15.8. The van der Waals surface area contributed by atoms with E-state index in [0.717, 1.165) is 0 Å². The normalized spacial score (nSPS) is 16.7. The molecule has 2 aromatic rings. The van der Waals surface area contributed by atoms with Gasteiger partial charge in [-0.1, -0.05) is 96.1 Å². The van der Waals surface area contributed by atoms with Crippen molar-refractivity contribution in [2.45, 2.75) is 41.5 Å². The molecular weight excluding hydrogens is 288 g/mol. The van der Waals surface area contributed by atoms with E-state index in [4.69, 9.17) is 0 Å². The highest BCUT2D eigenvalue weighted by molar-refractivity contribution is 6.07. The second-order valence-corrected chi connectivity index (χ2v) is 8.76. The molecule has 0 aliphatic heterocycles. The summed E-state index contributed by atoms with van der Waals surface area (Å²) in [7, 11) is 0. The Labute approximate surface area is 146 Å². The zero-order valence-corrected chi connectivity index (χ0v) is 15.8. The van der Waals surface area contributed by atoms with E-state index in [1.807, 2.05) is 0 Å². The van der Waals surface area contributed by atoms with Crippen molar-refractivity contribution < 1.29 is 0 Å². The van der Waals surface area contributed by atoms with Crippen molar-refractivity contribution in [3.05, 3.63) is 77.4 Å². The Morgan fingerprint density at radius 1 is 0.667 bits per heavy atom. The van der Waals surface area contributed by atoms with Crippen molar-refractivity contribution in [3.8, 4) is 0 Å². The van der Waals surface area contributed by atoms with Gasteiger partial charge in [-0.25, -0.2) is 0 Å². The van der Waals surface area contributed by atoms with Crippen LogP contribution >= 0.6 is 0 Å². The third-order valence-electron chi connectivity index (χ3n) is 4.69. The summed E-state index contributed by atoms with van der Waals surface area (Å²) in [6, 6.07) is 19.7. The molecule has 2 aromatic carbocycles. The molecule has 0 heterocycles. The molecule has 0 spiro atoms. The van der Waals surface area contributed by atoms with Crippen LogP contribution in [0.25, 0.3) is 16.7 Å². The molecule has 0 fully saturated rings. The van der Waals surface area contributed by atoms with Gasteiger partial charge in [0, 0.05) is 0 Å². The number of benzene rings is 2. The number of rotatable bonds is 1. The average Bonchev–Trinajstić information content (AvgIpc) is 2.87. The molecule has 0 radical (unpaired) electrons. The predicted octanol–water partition coefficient (Wildman–Crippen LogP) is 7.09. The fourth-order valence-corrected chi connectivity index (χ4v) is 3.68. The van der Waals surface area contributed by atoms with Crippen molar-refractivity contribution in [2.24, 2.45) is 10.8 Å². The van der Waals surface area contributed by atoms with Crippen molar-refractivity contribution >= 4 is 16.7 Å². The first kappa shape index (κ1) is 16.8. The second-order valence-electron chi connectivity index (χ2n) is 8.76. The van der Waals surface area contributed by atoms with E-state index < -0.39 is 0 Å². The van der Waals surface area contributed by atoms with Gasteiger partial charge in [0.25, 0.3) is 0 Å². The SMILES string of the molecule is CC(C)(C)C1=CC(=C(c2ccccc2)C(C)(C)C)c2ccccc21. The van der Waals surface area contributed by atoms with Crippen LogP contribution in [0.4, 0.5) is 0 Å². The molecule has 0 aromatic heterocycles. The highest BCUT2D eigenvalue weighted by atomic mass is 14.3. The minimum atomic E-state index is 0.0770. The van der Waals surface area contributed by atoms with Crippen LogP contribution < -0.4 is 0 Å². The summed E-state index contributed by atoms with van der Waals surface area (Å²) in [6.07, 6.45) is 2.43. The molecule has 3 rings (SSSR count). The van der Waals surface area contributed by atoms with E-state index in [9.17, 15) is 0 Å². The van der Waals surface area contributed by atoms with Crippen molar-refractivity contribution in [1.82, 2.24) is 0 Å². The summed E-state index contributed by atoms with van der Waals surface area (Å²) < 4.78 is 0. The molecule has 0 amide bonds. The number of allylic oxidation sites excluding steroid dienone is 4. The fourth-order valence-electron chi connectivity index (χ4n) is 3.68. The molecule has 0 saturated carbocycles. The third-order valence-corrected chi connectivity index (χ3v) is 4.69. The van der Waals surface area contributed by atoms with Crippen LogP contribution in [0.15, 0.2) is 60.7 Å². The lowest BCUT2D eigenvalue weighted by Crippen LogP contribution is -2.10. The van der Waals surface area contributed by atoms with Gasteiger partial charge in [-0.05, 0) is 50.3 Å². The maximum atomic E-state index is 2.43. The lowest BCUT2D eigenvalue weighted by atomic mass is 9.78. The standard InChI is InChI=1S/C24H28/c1-23(2,3)21-16-20(18-14-10-11-15-19(18)21)22(24(4,5)6)17-12-8-7-9-13-17/h7-16H,1-6H3. The van der Waals surface area contributed by atoms with Gasteiger partial charge in [-0.15, -0.1) is 0 Å². The van der Waals surface area contributed by atoms with Crippen molar-refractivity contribution in [1.29, 1.82) is 0 Å². The zero-order chi connectivity index (χ0) is 17.5. The summed E-state index contributed by atoms with van der Waals surface area (Å²) in [5.74, 6) is 0. The van der Waals surface area contributed by atoms with Crippen LogP contribution in [0.2, 0.25) is 0 Å². The Kier molecular flexibility index (Phi) is 4.03. The van der Waals surface area contributed by atoms with Gasteiger partial charge in [0.05, 0.1) is 0 Å². The van der Waals surface area contributed by atoms with E-state index in [0.29, 0.717) is 0 Å². The average molecular weight is 316 g/mol. The van der Waals surface area contributed by atoms with Crippen LogP contribution in [0.1, 0.15) is 58.2 Å². The van der Waals surface area contributed by atoms with Gasteiger partial charge < -0.3 is 0 Å². The van der Waals surface area contributed by atoms with E-state index in [1.54, 1.807) is 0 Å². The maximum Gasteiger partial charge on any atom is -0.0105 e. The Morgan fingerprint density at radius 3 is 1.75 bits per heavy atom. The molecule has 0 unspecified atom stereocenters. The molecule has 0 N–H and O–H groups in total. The molecule has 0 atom stereocenters. The largest absolute Gasteiger partial charge is 0.0622 e. The monoisotopic (exact) mass is 316 g/mol. The minimum absolute atomic E-state index is 0.0770. The summed E-state index contributed by atoms with van der Waals surface area (Å²) in [5, 5.41) is 0. The minimum Gasteiger partial charge on any atom is -0.0622 e. The summed E-state index contributed by atoms with van der Waals surface area (Å²) in [5.41, 5.74) is 8.54. The van der Waals surface area contributed by atoms with Crippen molar-refractivity contribution in [3.63, 3.8) is 0 Å². The van der Waals surface area contributed by atoms with Crippen LogP contribution in [-0.4, -0.2) is 0 Å². The van der Waals surface area contributed by atoms with Crippen LogP contribution in [0, 0.1) is 10.8 Å². The van der Waals surface area contributed by atoms with Gasteiger partial charge in [0.1, 0.15) is 0 Å². The molecule has 24 heavy (non-hydrogen) atoms. The summed E-state index contributed by atoms with van der Waals surface area (Å²) in [6.45, 7) is 13.9. The Balaban J connectivity index is 2.36. The lowest BCUT2D eigenvalue weighted by molar-refractivity contribution is 0.566. The molecule has 0 saturated heterocycles. The quantitative estimate of drug-likeness (QED) is 0.527. The lowest BCUT2D eigenvalue weighted by Gasteiger charge is -2.26. The Hall–Kier alpha value is -2.08. The first-order valence-electron chi connectivity index (χ1n) is 8.82. The highest BCUT2D eigenvalue weighted by Gasteiger charge is 2.31. The summed E-state index contributed by atoms with van der Waals surface area (Å²) in [4.78, 5) is 0. The molecule has 1 aliphatic rings. The van der Waals surface area contributed by atoms with E-state index in [2.05, 4.69) is 102 Å². The molecule has 0 nitrogen and oxygen atoms in total. The molecule has 0 heteroatoms. The Bertz CT molecular complexity index is 803. The summed E-state index contributed by atoms with van der Waals surface area (Å²) >= 11 is 0. The van der Waals surface area contributed by atoms with Gasteiger partial charge in [0.15, 0.2) is 0 Å². The maximum absolute atomic E-state index is 2.43. The van der Waals surface area contributed by atoms with Crippen LogP contribution in [0.5, 0.6) is 0 Å². The van der Waals surface area contributed by atoms with E-state index in [-0.39, 0.29) is 10.8 Å². The molecular formula is C24H28. The smallest absolute Gasteiger partial charge is 0.0105 e. The van der Waals surface area contributed by atoms with Crippen LogP contribution in [-0.2, 0) is 0 Å². The molecule has 124 valence electrons. The highest BCUT2D eigenvalue weighted by Crippen LogP contribution is 2.49. The van der Waals surface area contributed by atoms with Crippen molar-refractivity contribution in [2.75, 3.05) is 0 Å². The topological polar surface area (TPSA) is 0 Å². The Morgan fingerprint density at radius 2 is 1.21 bits per heavy atom.